The van der Waals surface area contributed by atoms with Crippen molar-refractivity contribution in [3.05, 3.63) is 59.9 Å². The van der Waals surface area contributed by atoms with Crippen molar-refractivity contribution in [3.8, 4) is 0 Å². The number of amides is 2. The number of hydrogen-bond acceptors (Lipinski definition) is 3. The lowest BCUT2D eigenvalue weighted by Gasteiger charge is -2.21. The molecule has 6 nitrogen and oxygen atoms in total. The summed E-state index contributed by atoms with van der Waals surface area (Å²) in [6.45, 7) is 5.01. The molecular weight excluding hydrogens is 412 g/mol. The Kier molecular flexibility index (Phi) is 6.16. The highest BCUT2D eigenvalue weighted by molar-refractivity contribution is 5.96. The van der Waals surface area contributed by atoms with Crippen LogP contribution in [0.2, 0.25) is 0 Å². The summed E-state index contributed by atoms with van der Waals surface area (Å²) in [7, 11) is 0. The number of rotatable bonds is 5. The fraction of sp³-hybridized carbons (Fsp3) is 0.444. The lowest BCUT2D eigenvalue weighted by Crippen LogP contribution is -2.32. The minimum absolute atomic E-state index is 0.0134. The van der Waals surface area contributed by atoms with Crippen molar-refractivity contribution in [1.82, 2.24) is 14.5 Å². The second kappa shape index (κ2) is 9.38. The molecule has 0 radical (unpaired) electrons. The topological polar surface area (TPSA) is 58.4 Å². The third-order valence-corrected chi connectivity index (χ3v) is 7.03. The highest BCUT2D eigenvalue weighted by Gasteiger charge is 2.35. The van der Waals surface area contributed by atoms with E-state index >= 15 is 0 Å². The molecule has 0 aliphatic carbocycles. The monoisotopic (exact) mass is 444 g/mol. The van der Waals surface area contributed by atoms with E-state index in [0.717, 1.165) is 48.5 Å². The van der Waals surface area contributed by atoms with Crippen LogP contribution in [0.1, 0.15) is 55.8 Å². The highest BCUT2D eigenvalue weighted by Crippen LogP contribution is 2.33. The number of benzene rings is 2. The number of aromatic nitrogens is 2. The summed E-state index contributed by atoms with van der Waals surface area (Å²) >= 11 is 0. The number of hydrogen-bond donors (Lipinski definition) is 0. The van der Waals surface area contributed by atoms with Gasteiger partial charge in [0.1, 0.15) is 5.82 Å². The Bertz CT molecular complexity index is 1140. The van der Waals surface area contributed by atoms with Gasteiger partial charge in [0, 0.05) is 50.6 Å². The van der Waals surface area contributed by atoms with Crippen LogP contribution in [0.5, 0.6) is 0 Å². The average Bonchev–Trinajstić information content (AvgIpc) is 3.26. The molecule has 2 aromatic carbocycles. The first-order chi connectivity index (χ1) is 16.1. The first-order valence-corrected chi connectivity index (χ1v) is 12.2. The van der Waals surface area contributed by atoms with E-state index in [1.807, 2.05) is 59.2 Å². The van der Waals surface area contributed by atoms with Crippen LogP contribution in [0.3, 0.4) is 0 Å². The van der Waals surface area contributed by atoms with Crippen molar-refractivity contribution >= 4 is 28.5 Å². The van der Waals surface area contributed by atoms with Crippen LogP contribution in [0.4, 0.5) is 5.69 Å². The summed E-state index contributed by atoms with van der Waals surface area (Å²) in [5.41, 5.74) is 4.08. The van der Waals surface area contributed by atoms with Gasteiger partial charge in [0.25, 0.3) is 0 Å². The third kappa shape index (κ3) is 4.52. The van der Waals surface area contributed by atoms with Crippen LogP contribution in [0.15, 0.2) is 48.5 Å². The molecule has 0 N–H and O–H groups in total. The predicted molar refractivity (Wildman–Crippen MR) is 130 cm³/mol. The van der Waals surface area contributed by atoms with Gasteiger partial charge in [0.15, 0.2) is 0 Å². The number of likely N-dealkylation sites (tertiary alicyclic amines) is 1. The molecule has 5 rings (SSSR count). The Morgan fingerprint density at radius 1 is 1.00 bits per heavy atom. The Hall–Kier alpha value is -3.15. The Morgan fingerprint density at radius 3 is 2.48 bits per heavy atom. The summed E-state index contributed by atoms with van der Waals surface area (Å²) in [5.74, 6) is 1.29. The number of carbonyl (C=O) groups is 2. The SMILES string of the molecule is Cc1ccc(N2CC(c3nc4ccccc4n3CCC(=O)N3CCCCCC3)CC2=O)cc1. The van der Waals surface area contributed by atoms with E-state index in [9.17, 15) is 9.59 Å². The molecule has 3 aromatic rings. The van der Waals surface area contributed by atoms with Crippen LogP contribution < -0.4 is 4.90 Å². The van der Waals surface area contributed by atoms with Crippen LogP contribution in [0.25, 0.3) is 11.0 Å². The zero-order valence-corrected chi connectivity index (χ0v) is 19.4. The molecule has 2 aliphatic rings. The molecule has 1 atom stereocenters. The van der Waals surface area contributed by atoms with Crippen molar-refractivity contribution in [2.45, 2.75) is 57.9 Å². The maximum atomic E-state index is 13.0. The molecule has 6 heteroatoms. The molecule has 0 spiro atoms. The molecule has 1 aromatic heterocycles. The number of aryl methyl sites for hydroxylation is 2. The molecule has 33 heavy (non-hydrogen) atoms. The van der Waals surface area contributed by atoms with E-state index in [2.05, 4.69) is 10.6 Å². The summed E-state index contributed by atoms with van der Waals surface area (Å²) in [6.07, 6.45) is 5.54. The quantitative estimate of drug-likeness (QED) is 0.575. The molecule has 2 amide bonds. The van der Waals surface area contributed by atoms with E-state index < -0.39 is 0 Å². The third-order valence-electron chi connectivity index (χ3n) is 7.03. The second-order valence-electron chi connectivity index (χ2n) is 9.40. The summed E-state index contributed by atoms with van der Waals surface area (Å²) in [5, 5.41) is 0. The van der Waals surface area contributed by atoms with E-state index in [-0.39, 0.29) is 17.7 Å². The molecule has 0 bridgehead atoms. The van der Waals surface area contributed by atoms with Gasteiger partial charge in [-0.05, 0) is 44.0 Å². The van der Waals surface area contributed by atoms with Gasteiger partial charge in [-0.2, -0.15) is 0 Å². The van der Waals surface area contributed by atoms with Crippen molar-refractivity contribution in [1.29, 1.82) is 0 Å². The van der Waals surface area contributed by atoms with E-state index in [1.165, 1.54) is 18.4 Å². The molecule has 3 heterocycles. The number of fused-ring (bicyclic) bond motifs is 1. The van der Waals surface area contributed by atoms with Crippen LogP contribution in [-0.2, 0) is 16.1 Å². The summed E-state index contributed by atoms with van der Waals surface area (Å²) in [4.78, 5) is 34.7. The zero-order valence-electron chi connectivity index (χ0n) is 19.4. The van der Waals surface area contributed by atoms with Crippen LogP contribution >= 0.6 is 0 Å². The number of nitrogens with zero attached hydrogens (tertiary/aromatic N) is 4. The minimum Gasteiger partial charge on any atom is -0.343 e. The number of carbonyl (C=O) groups excluding carboxylic acids is 2. The van der Waals surface area contributed by atoms with Crippen LogP contribution in [0, 0.1) is 6.92 Å². The fourth-order valence-corrected chi connectivity index (χ4v) is 5.18. The van der Waals surface area contributed by atoms with Crippen molar-refractivity contribution in [2.75, 3.05) is 24.5 Å². The smallest absolute Gasteiger partial charge is 0.227 e. The van der Waals surface area contributed by atoms with Crippen molar-refractivity contribution in [2.24, 2.45) is 0 Å². The first-order valence-electron chi connectivity index (χ1n) is 12.2. The summed E-state index contributed by atoms with van der Waals surface area (Å²) < 4.78 is 2.18. The zero-order chi connectivity index (χ0) is 22.8. The fourth-order valence-electron chi connectivity index (χ4n) is 5.18. The Morgan fingerprint density at radius 2 is 1.73 bits per heavy atom. The first kappa shape index (κ1) is 21.7. The van der Waals surface area contributed by atoms with E-state index in [0.29, 0.717) is 25.9 Å². The normalized spacial score (nSPS) is 19.3. The van der Waals surface area contributed by atoms with E-state index in [1.54, 1.807) is 0 Å². The average molecular weight is 445 g/mol. The largest absolute Gasteiger partial charge is 0.343 e. The van der Waals surface area contributed by atoms with Gasteiger partial charge < -0.3 is 14.4 Å². The van der Waals surface area contributed by atoms with E-state index in [4.69, 9.17) is 4.98 Å². The Balaban J connectivity index is 1.38. The predicted octanol–water partition coefficient (Wildman–Crippen LogP) is 4.66. The maximum absolute atomic E-state index is 13.0. The number of anilines is 1. The van der Waals surface area contributed by atoms with Gasteiger partial charge in [-0.25, -0.2) is 4.98 Å². The summed E-state index contributed by atoms with van der Waals surface area (Å²) in [6, 6.07) is 16.2. The standard InChI is InChI=1S/C27H32N4O2/c1-20-10-12-22(13-11-20)31-19-21(18-26(31)33)27-28-23-8-4-5-9-24(23)30(27)17-14-25(32)29-15-6-2-3-7-16-29/h4-5,8-13,21H,2-3,6-7,14-19H2,1H3. The van der Waals surface area contributed by atoms with Gasteiger partial charge in [0.05, 0.1) is 11.0 Å². The number of para-hydroxylation sites is 2. The van der Waals surface area contributed by atoms with Crippen molar-refractivity contribution < 1.29 is 9.59 Å². The van der Waals surface area contributed by atoms with Gasteiger partial charge in [-0.15, -0.1) is 0 Å². The molecule has 2 aliphatic heterocycles. The molecular formula is C27H32N4O2. The second-order valence-corrected chi connectivity index (χ2v) is 9.40. The lowest BCUT2D eigenvalue weighted by atomic mass is 10.1. The molecule has 0 saturated carbocycles. The van der Waals surface area contributed by atoms with Gasteiger partial charge in [0.2, 0.25) is 11.8 Å². The van der Waals surface area contributed by atoms with Gasteiger partial charge in [-0.3, -0.25) is 9.59 Å². The number of imidazole rings is 1. The lowest BCUT2D eigenvalue weighted by molar-refractivity contribution is -0.131. The van der Waals surface area contributed by atoms with Crippen LogP contribution in [-0.4, -0.2) is 45.9 Å². The molecule has 2 saturated heterocycles. The van der Waals surface area contributed by atoms with Gasteiger partial charge >= 0.3 is 0 Å². The van der Waals surface area contributed by atoms with Crippen molar-refractivity contribution in [3.63, 3.8) is 0 Å². The molecule has 172 valence electrons. The minimum atomic E-state index is 0.0134. The van der Waals surface area contributed by atoms with Gasteiger partial charge in [-0.1, -0.05) is 42.7 Å². The Labute approximate surface area is 195 Å². The molecule has 2 fully saturated rings. The highest BCUT2D eigenvalue weighted by atomic mass is 16.2. The maximum Gasteiger partial charge on any atom is 0.227 e. The molecule has 1 unspecified atom stereocenters.